The summed E-state index contributed by atoms with van der Waals surface area (Å²) in [5.74, 6) is 2.06. The molecule has 0 aliphatic heterocycles. The molecule has 1 unspecified atom stereocenters. The van der Waals surface area contributed by atoms with Crippen molar-refractivity contribution in [3.8, 4) is 0 Å². The van der Waals surface area contributed by atoms with Crippen molar-refractivity contribution in [3.05, 3.63) is 29.9 Å². The maximum atomic E-state index is 6.09. The molecule has 0 aromatic carbocycles. The number of nitrogens with one attached hydrogen (secondary N) is 1. The quantitative estimate of drug-likeness (QED) is 0.852. The Morgan fingerprint density at radius 1 is 1.38 bits per heavy atom. The lowest BCUT2D eigenvalue weighted by atomic mass is 10.0. The Balaban J connectivity index is 1.50. The van der Waals surface area contributed by atoms with Crippen LogP contribution in [0.2, 0.25) is 0 Å². The number of aromatic amines is 1. The normalized spacial score (nSPS) is 18.0. The van der Waals surface area contributed by atoms with E-state index in [9.17, 15) is 0 Å². The van der Waals surface area contributed by atoms with Gasteiger partial charge in [0, 0.05) is 23.6 Å². The van der Waals surface area contributed by atoms with Crippen molar-refractivity contribution < 1.29 is 4.52 Å². The highest BCUT2D eigenvalue weighted by molar-refractivity contribution is 7.99. The van der Waals surface area contributed by atoms with E-state index in [2.05, 4.69) is 20.1 Å². The largest absolute Gasteiger partial charge is 0.348 e. The second-order valence-electron chi connectivity index (χ2n) is 5.51. The van der Waals surface area contributed by atoms with Crippen LogP contribution in [0.15, 0.2) is 17.0 Å². The van der Waals surface area contributed by atoms with E-state index in [4.69, 9.17) is 10.3 Å². The Labute approximate surface area is 128 Å². The van der Waals surface area contributed by atoms with E-state index < -0.39 is 0 Å². The maximum absolute atomic E-state index is 6.09. The van der Waals surface area contributed by atoms with Crippen LogP contribution in [0.5, 0.6) is 0 Å². The predicted molar refractivity (Wildman–Crippen MR) is 81.7 cm³/mol. The molecule has 2 heterocycles. The van der Waals surface area contributed by atoms with Crippen molar-refractivity contribution >= 4 is 11.8 Å². The zero-order valence-electron chi connectivity index (χ0n) is 12.0. The molecule has 0 amide bonds. The van der Waals surface area contributed by atoms with Gasteiger partial charge < -0.3 is 15.2 Å². The lowest BCUT2D eigenvalue weighted by Gasteiger charge is -2.19. The van der Waals surface area contributed by atoms with Gasteiger partial charge in [0.15, 0.2) is 5.82 Å². The molecule has 1 atom stereocenters. The van der Waals surface area contributed by atoms with Crippen LogP contribution >= 0.6 is 11.8 Å². The zero-order chi connectivity index (χ0) is 14.5. The lowest BCUT2D eigenvalue weighted by molar-refractivity contribution is 0.350. The molecule has 21 heavy (non-hydrogen) atoms. The minimum absolute atomic E-state index is 0.286. The van der Waals surface area contributed by atoms with E-state index in [0.29, 0.717) is 12.3 Å². The average Bonchev–Trinajstić information content (AvgIpc) is 3.17. The standard InChI is InChI=1S/C14H21N5OS/c15-12(6-10-7-16-9-17-10)14-18-13(19-20-14)8-21-11-4-2-1-3-5-11/h7,9,11-12H,1-6,8,15H2,(H,16,17). The Hall–Kier alpha value is -1.34. The lowest BCUT2D eigenvalue weighted by Crippen LogP contribution is -2.14. The molecule has 0 radical (unpaired) electrons. The summed E-state index contributed by atoms with van der Waals surface area (Å²) in [7, 11) is 0. The van der Waals surface area contributed by atoms with Gasteiger partial charge in [-0.25, -0.2) is 4.98 Å². The van der Waals surface area contributed by atoms with Gasteiger partial charge >= 0.3 is 0 Å². The van der Waals surface area contributed by atoms with Crippen molar-refractivity contribution in [2.45, 2.75) is 55.6 Å². The van der Waals surface area contributed by atoms with Crippen LogP contribution in [0.3, 0.4) is 0 Å². The van der Waals surface area contributed by atoms with Gasteiger partial charge in [0.05, 0.1) is 18.1 Å². The van der Waals surface area contributed by atoms with Crippen LogP contribution in [-0.4, -0.2) is 25.4 Å². The Kier molecular flexibility index (Phi) is 4.92. The molecule has 6 nitrogen and oxygen atoms in total. The third-order valence-electron chi connectivity index (χ3n) is 3.80. The number of nitrogens with two attached hydrogens (primary N) is 1. The Bertz CT molecular complexity index is 535. The molecule has 3 N–H and O–H groups in total. The van der Waals surface area contributed by atoms with Gasteiger partial charge in [-0.1, -0.05) is 24.4 Å². The maximum Gasteiger partial charge on any atom is 0.243 e. The first-order valence-corrected chi connectivity index (χ1v) is 8.53. The zero-order valence-corrected chi connectivity index (χ0v) is 12.8. The minimum atomic E-state index is -0.286. The van der Waals surface area contributed by atoms with Crippen molar-refractivity contribution in [1.82, 2.24) is 20.1 Å². The van der Waals surface area contributed by atoms with Gasteiger partial charge in [-0.2, -0.15) is 16.7 Å². The minimum Gasteiger partial charge on any atom is -0.348 e. The highest BCUT2D eigenvalue weighted by Crippen LogP contribution is 2.30. The first kappa shape index (κ1) is 14.6. The highest BCUT2D eigenvalue weighted by Gasteiger charge is 2.18. The SMILES string of the molecule is NC(Cc1cnc[nH]1)c1nc(CSC2CCCCC2)no1. The molecule has 3 rings (SSSR count). The molecule has 1 aliphatic rings. The van der Waals surface area contributed by atoms with E-state index in [1.165, 1.54) is 32.1 Å². The summed E-state index contributed by atoms with van der Waals surface area (Å²) < 4.78 is 5.28. The smallest absolute Gasteiger partial charge is 0.243 e. The van der Waals surface area contributed by atoms with Crippen molar-refractivity contribution in [2.75, 3.05) is 0 Å². The van der Waals surface area contributed by atoms with Gasteiger partial charge in [-0.15, -0.1) is 0 Å². The summed E-state index contributed by atoms with van der Waals surface area (Å²) in [6.45, 7) is 0. The number of H-pyrrole nitrogens is 1. The Morgan fingerprint density at radius 3 is 3.00 bits per heavy atom. The molecule has 1 saturated carbocycles. The third-order valence-corrected chi connectivity index (χ3v) is 5.16. The molecule has 0 spiro atoms. The second kappa shape index (κ2) is 7.09. The van der Waals surface area contributed by atoms with E-state index in [1.807, 2.05) is 11.8 Å². The van der Waals surface area contributed by atoms with Gasteiger partial charge in [-0.3, -0.25) is 0 Å². The molecular weight excluding hydrogens is 286 g/mol. The summed E-state index contributed by atoms with van der Waals surface area (Å²) in [4.78, 5) is 11.4. The second-order valence-corrected chi connectivity index (χ2v) is 6.80. The van der Waals surface area contributed by atoms with E-state index in [-0.39, 0.29) is 6.04 Å². The monoisotopic (exact) mass is 307 g/mol. The third kappa shape index (κ3) is 4.07. The van der Waals surface area contributed by atoms with Crippen LogP contribution in [0.4, 0.5) is 0 Å². The topological polar surface area (TPSA) is 93.6 Å². The predicted octanol–water partition coefficient (Wildman–Crippen LogP) is 2.60. The highest BCUT2D eigenvalue weighted by atomic mass is 32.2. The number of nitrogens with zero attached hydrogens (tertiary/aromatic N) is 3. The fourth-order valence-electron chi connectivity index (χ4n) is 2.62. The number of aromatic nitrogens is 4. The van der Waals surface area contributed by atoms with Crippen LogP contribution in [0.25, 0.3) is 0 Å². The molecule has 1 fully saturated rings. The average molecular weight is 307 g/mol. The van der Waals surface area contributed by atoms with Gasteiger partial charge in [0.2, 0.25) is 5.89 Å². The molecule has 1 aliphatic carbocycles. The number of hydrogen-bond acceptors (Lipinski definition) is 6. The number of thioether (sulfide) groups is 1. The summed E-state index contributed by atoms with van der Waals surface area (Å²) >= 11 is 1.94. The fraction of sp³-hybridized carbons (Fsp3) is 0.643. The molecule has 7 heteroatoms. The first-order valence-electron chi connectivity index (χ1n) is 7.48. The summed E-state index contributed by atoms with van der Waals surface area (Å²) in [5.41, 5.74) is 7.06. The molecule has 2 aromatic heterocycles. The first-order chi connectivity index (χ1) is 10.3. The van der Waals surface area contributed by atoms with Crippen LogP contribution in [0, 0.1) is 0 Å². The molecule has 114 valence electrons. The molecule has 0 saturated heterocycles. The van der Waals surface area contributed by atoms with Crippen molar-refractivity contribution in [2.24, 2.45) is 5.73 Å². The van der Waals surface area contributed by atoms with Gasteiger partial charge in [0.1, 0.15) is 0 Å². The number of rotatable bonds is 6. The van der Waals surface area contributed by atoms with Gasteiger partial charge in [-0.05, 0) is 12.8 Å². The molecule has 2 aromatic rings. The van der Waals surface area contributed by atoms with E-state index in [0.717, 1.165) is 22.5 Å². The van der Waals surface area contributed by atoms with Crippen molar-refractivity contribution in [1.29, 1.82) is 0 Å². The fourth-order valence-corrected chi connectivity index (χ4v) is 3.79. The Morgan fingerprint density at radius 2 is 2.24 bits per heavy atom. The van der Waals surface area contributed by atoms with E-state index >= 15 is 0 Å². The van der Waals surface area contributed by atoms with E-state index in [1.54, 1.807) is 12.5 Å². The number of hydrogen-bond donors (Lipinski definition) is 2. The molecular formula is C14H21N5OS. The molecule has 0 bridgehead atoms. The van der Waals surface area contributed by atoms with Crippen LogP contribution < -0.4 is 5.73 Å². The van der Waals surface area contributed by atoms with Gasteiger partial charge in [0.25, 0.3) is 0 Å². The van der Waals surface area contributed by atoms with Crippen molar-refractivity contribution in [3.63, 3.8) is 0 Å². The summed E-state index contributed by atoms with van der Waals surface area (Å²) in [5, 5.41) is 4.79. The summed E-state index contributed by atoms with van der Waals surface area (Å²) in [6, 6.07) is -0.286. The summed E-state index contributed by atoms with van der Waals surface area (Å²) in [6.07, 6.45) is 10.7. The number of imidazole rings is 1. The van der Waals surface area contributed by atoms with Crippen LogP contribution in [-0.2, 0) is 12.2 Å². The van der Waals surface area contributed by atoms with Crippen LogP contribution in [0.1, 0.15) is 55.6 Å².